The third kappa shape index (κ3) is 6.16. The largest absolute Gasteiger partial charge is 0.493 e. The summed E-state index contributed by atoms with van der Waals surface area (Å²) in [5, 5.41) is 3.55. The molecule has 0 radical (unpaired) electrons. The Hall–Kier alpha value is -0.910. The van der Waals surface area contributed by atoms with Crippen molar-refractivity contribution in [2.24, 2.45) is 0 Å². The molecule has 5 heteroatoms. The van der Waals surface area contributed by atoms with Crippen molar-refractivity contribution < 1.29 is 9.47 Å². The van der Waals surface area contributed by atoms with Crippen molar-refractivity contribution in [1.29, 1.82) is 0 Å². The highest BCUT2D eigenvalue weighted by atomic mass is 32.2. The molecule has 0 saturated heterocycles. The molecule has 0 bridgehead atoms. The van der Waals surface area contributed by atoms with Crippen molar-refractivity contribution in [3.05, 3.63) is 23.8 Å². The summed E-state index contributed by atoms with van der Waals surface area (Å²) in [6, 6.07) is 6.49. The molecule has 1 atom stereocenters. The van der Waals surface area contributed by atoms with Gasteiger partial charge in [-0.1, -0.05) is 13.0 Å². The fourth-order valence-corrected chi connectivity index (χ4v) is 3.24. The molecule has 4 nitrogen and oxygen atoms in total. The molecule has 0 aromatic heterocycles. The number of ether oxygens (including phenoxy) is 2. The van der Waals surface area contributed by atoms with E-state index in [1.807, 2.05) is 17.8 Å². The predicted octanol–water partition coefficient (Wildman–Crippen LogP) is 2.65. The minimum absolute atomic E-state index is 0.335. The third-order valence-electron chi connectivity index (χ3n) is 3.23. The van der Waals surface area contributed by atoms with Crippen LogP contribution in [0.5, 0.6) is 11.5 Å². The lowest BCUT2D eigenvalue weighted by Crippen LogP contribution is -2.24. The second-order valence-corrected chi connectivity index (χ2v) is 6.25. The molecule has 0 spiro atoms. The Morgan fingerprint density at radius 1 is 1.19 bits per heavy atom. The number of nitrogens with one attached hydrogen (secondary N) is 1. The van der Waals surface area contributed by atoms with E-state index in [1.165, 1.54) is 5.56 Å². The Labute approximate surface area is 133 Å². The average Bonchev–Trinajstić information content (AvgIpc) is 2.49. The summed E-state index contributed by atoms with van der Waals surface area (Å²) in [7, 11) is 7.56. The number of benzene rings is 1. The van der Waals surface area contributed by atoms with Gasteiger partial charge in [0.15, 0.2) is 11.5 Å². The smallest absolute Gasteiger partial charge is 0.161 e. The summed E-state index contributed by atoms with van der Waals surface area (Å²) in [6.07, 6.45) is 0. The number of methoxy groups -OCH3 is 2. The van der Waals surface area contributed by atoms with Crippen LogP contribution < -0.4 is 14.8 Å². The molecule has 1 aromatic rings. The summed E-state index contributed by atoms with van der Waals surface area (Å²) in [6.45, 7) is 4.20. The van der Waals surface area contributed by atoms with Gasteiger partial charge in [0.25, 0.3) is 0 Å². The van der Waals surface area contributed by atoms with Gasteiger partial charge in [0.2, 0.25) is 0 Å². The maximum absolute atomic E-state index is 5.40. The Balaban J connectivity index is 2.70. The first kappa shape index (κ1) is 18.1. The molecule has 0 aliphatic carbocycles. The molecular weight excluding hydrogens is 284 g/mol. The van der Waals surface area contributed by atoms with E-state index < -0.39 is 0 Å². The lowest BCUT2D eigenvalue weighted by molar-refractivity contribution is 0.354. The van der Waals surface area contributed by atoms with E-state index >= 15 is 0 Å². The minimum Gasteiger partial charge on any atom is -0.493 e. The van der Waals surface area contributed by atoms with Gasteiger partial charge < -0.3 is 19.7 Å². The second-order valence-electron chi connectivity index (χ2n) is 5.10. The standard InChI is InChI=1S/C16H28N2O2S/c1-6-17-14(12-21-10-9-18(2)3)13-7-8-15(19-4)16(11-13)20-5/h7-8,11,14,17H,6,9-10,12H2,1-5H3. The first-order valence-corrected chi connectivity index (χ1v) is 8.45. The van der Waals surface area contributed by atoms with E-state index in [9.17, 15) is 0 Å². The highest BCUT2D eigenvalue weighted by molar-refractivity contribution is 7.99. The summed E-state index contributed by atoms with van der Waals surface area (Å²) < 4.78 is 10.7. The van der Waals surface area contributed by atoms with Crippen LogP contribution >= 0.6 is 11.8 Å². The van der Waals surface area contributed by atoms with E-state index in [0.29, 0.717) is 6.04 Å². The molecule has 1 rings (SSSR count). The van der Waals surface area contributed by atoms with E-state index in [1.54, 1.807) is 14.2 Å². The summed E-state index contributed by atoms with van der Waals surface area (Å²) in [5.74, 6) is 3.76. The fraction of sp³-hybridized carbons (Fsp3) is 0.625. The van der Waals surface area contributed by atoms with Gasteiger partial charge in [-0.2, -0.15) is 11.8 Å². The molecule has 0 saturated carbocycles. The average molecular weight is 312 g/mol. The lowest BCUT2D eigenvalue weighted by atomic mass is 10.1. The summed E-state index contributed by atoms with van der Waals surface area (Å²) >= 11 is 1.97. The van der Waals surface area contributed by atoms with Gasteiger partial charge in [-0.3, -0.25) is 0 Å². The number of hydrogen-bond acceptors (Lipinski definition) is 5. The molecular formula is C16H28N2O2S. The van der Waals surface area contributed by atoms with Gasteiger partial charge in [-0.05, 0) is 38.3 Å². The van der Waals surface area contributed by atoms with Crippen molar-refractivity contribution in [3.8, 4) is 11.5 Å². The third-order valence-corrected chi connectivity index (χ3v) is 4.27. The van der Waals surface area contributed by atoms with E-state index in [-0.39, 0.29) is 0 Å². The number of nitrogens with zero attached hydrogens (tertiary/aromatic N) is 1. The van der Waals surface area contributed by atoms with Crippen molar-refractivity contribution in [1.82, 2.24) is 10.2 Å². The highest BCUT2D eigenvalue weighted by Gasteiger charge is 2.13. The normalized spacial score (nSPS) is 12.5. The highest BCUT2D eigenvalue weighted by Crippen LogP contribution is 2.31. The van der Waals surface area contributed by atoms with Crippen molar-refractivity contribution in [2.75, 3.05) is 52.9 Å². The van der Waals surface area contributed by atoms with Gasteiger partial charge in [-0.25, -0.2) is 0 Å². The van der Waals surface area contributed by atoms with Crippen LogP contribution in [-0.2, 0) is 0 Å². The van der Waals surface area contributed by atoms with Crippen LogP contribution in [-0.4, -0.2) is 57.8 Å². The zero-order chi connectivity index (χ0) is 15.7. The monoisotopic (exact) mass is 312 g/mol. The maximum Gasteiger partial charge on any atom is 0.161 e. The molecule has 0 fully saturated rings. The molecule has 0 aliphatic rings. The first-order chi connectivity index (χ1) is 10.1. The first-order valence-electron chi connectivity index (χ1n) is 7.30. The summed E-state index contributed by atoms with van der Waals surface area (Å²) in [4.78, 5) is 2.21. The SMILES string of the molecule is CCNC(CSCCN(C)C)c1ccc(OC)c(OC)c1. The number of rotatable bonds is 10. The molecule has 1 unspecified atom stereocenters. The van der Waals surface area contributed by atoms with Crippen molar-refractivity contribution in [3.63, 3.8) is 0 Å². The second kappa shape index (κ2) is 9.92. The molecule has 120 valence electrons. The maximum atomic E-state index is 5.40. The Morgan fingerprint density at radius 2 is 1.90 bits per heavy atom. The molecule has 1 N–H and O–H groups in total. The molecule has 0 aliphatic heterocycles. The Kier molecular flexibility index (Phi) is 8.57. The lowest BCUT2D eigenvalue weighted by Gasteiger charge is -2.20. The van der Waals surface area contributed by atoms with Crippen molar-refractivity contribution in [2.45, 2.75) is 13.0 Å². The van der Waals surface area contributed by atoms with E-state index in [0.717, 1.165) is 36.1 Å². The van der Waals surface area contributed by atoms with Crippen LogP contribution in [0, 0.1) is 0 Å². The summed E-state index contributed by atoms with van der Waals surface area (Å²) in [5.41, 5.74) is 1.24. The molecule has 1 aromatic carbocycles. The van der Waals surface area contributed by atoms with Crippen molar-refractivity contribution >= 4 is 11.8 Å². The zero-order valence-corrected chi connectivity index (χ0v) is 14.6. The number of hydrogen-bond donors (Lipinski definition) is 1. The van der Waals surface area contributed by atoms with Crippen LogP contribution in [0.3, 0.4) is 0 Å². The van der Waals surface area contributed by atoms with Gasteiger partial charge in [0.05, 0.1) is 14.2 Å². The van der Waals surface area contributed by atoms with E-state index in [4.69, 9.17) is 9.47 Å². The van der Waals surface area contributed by atoms with Crippen LogP contribution in [0.4, 0.5) is 0 Å². The van der Waals surface area contributed by atoms with Gasteiger partial charge >= 0.3 is 0 Å². The van der Waals surface area contributed by atoms with Gasteiger partial charge in [-0.15, -0.1) is 0 Å². The Morgan fingerprint density at radius 3 is 2.48 bits per heavy atom. The quantitative estimate of drug-likeness (QED) is 0.672. The number of thioether (sulfide) groups is 1. The fourth-order valence-electron chi connectivity index (χ4n) is 2.04. The van der Waals surface area contributed by atoms with Crippen LogP contribution in [0.25, 0.3) is 0 Å². The van der Waals surface area contributed by atoms with E-state index in [2.05, 4.69) is 43.4 Å². The van der Waals surface area contributed by atoms with Crippen LogP contribution in [0.15, 0.2) is 18.2 Å². The minimum atomic E-state index is 0.335. The molecule has 0 heterocycles. The molecule has 0 amide bonds. The van der Waals surface area contributed by atoms with Gasteiger partial charge in [0, 0.05) is 24.1 Å². The Bertz CT molecular complexity index is 413. The predicted molar refractivity (Wildman–Crippen MR) is 91.8 cm³/mol. The topological polar surface area (TPSA) is 33.7 Å². The zero-order valence-electron chi connectivity index (χ0n) is 13.8. The van der Waals surface area contributed by atoms with Crippen LogP contribution in [0.2, 0.25) is 0 Å². The van der Waals surface area contributed by atoms with Gasteiger partial charge in [0.1, 0.15) is 0 Å². The van der Waals surface area contributed by atoms with Crippen LogP contribution in [0.1, 0.15) is 18.5 Å². The molecule has 21 heavy (non-hydrogen) atoms.